The predicted octanol–water partition coefficient (Wildman–Crippen LogP) is 3.79. The van der Waals surface area contributed by atoms with Gasteiger partial charge in [-0.15, -0.1) is 24.0 Å². The van der Waals surface area contributed by atoms with E-state index in [-0.39, 0.29) is 35.3 Å². The van der Waals surface area contributed by atoms with Crippen LogP contribution in [-0.4, -0.2) is 74.1 Å². The van der Waals surface area contributed by atoms with Crippen molar-refractivity contribution in [2.45, 2.75) is 32.1 Å². The third-order valence-corrected chi connectivity index (χ3v) is 6.39. The lowest BCUT2D eigenvalue weighted by Gasteiger charge is -2.39. The van der Waals surface area contributed by atoms with Gasteiger partial charge in [0.05, 0.1) is 6.54 Å². The molecule has 9 heteroatoms. The van der Waals surface area contributed by atoms with Gasteiger partial charge < -0.3 is 19.9 Å². The monoisotopic (exact) mass is 568 g/mol. The summed E-state index contributed by atoms with van der Waals surface area (Å²) < 4.78 is 5.63. The van der Waals surface area contributed by atoms with Crippen LogP contribution in [0.4, 0.5) is 0 Å². The lowest BCUT2D eigenvalue weighted by molar-refractivity contribution is -0.130. The van der Waals surface area contributed by atoms with Gasteiger partial charge in [0.15, 0.2) is 5.96 Å². The zero-order chi connectivity index (χ0) is 20.9. The van der Waals surface area contributed by atoms with E-state index in [0.717, 1.165) is 57.1 Å². The minimum atomic E-state index is -0.165. The number of benzene rings is 1. The van der Waals surface area contributed by atoms with Crippen LogP contribution in [0.1, 0.15) is 32.3 Å². The minimum Gasteiger partial charge on any atom is -0.381 e. The molecule has 30 heavy (non-hydrogen) atoms. The normalized spacial score (nSPS) is 19.3. The fourth-order valence-electron chi connectivity index (χ4n) is 4.08. The number of carbonyl (C=O) groups is 1. The molecule has 0 aromatic heterocycles. The quantitative estimate of drug-likeness (QED) is 0.341. The van der Waals surface area contributed by atoms with Crippen LogP contribution in [0.3, 0.4) is 0 Å². The molecule has 0 saturated carbocycles. The third kappa shape index (κ3) is 6.14. The Morgan fingerprint density at radius 1 is 1.17 bits per heavy atom. The van der Waals surface area contributed by atoms with Gasteiger partial charge in [0.1, 0.15) is 0 Å². The Balaban J connectivity index is 0.00000320. The second kappa shape index (κ2) is 11.7. The zero-order valence-electron chi connectivity index (χ0n) is 17.6. The molecule has 168 valence electrons. The molecule has 1 aromatic carbocycles. The molecule has 0 spiro atoms. The number of nitrogens with one attached hydrogen (secondary N) is 1. The maximum atomic E-state index is 11.6. The molecule has 1 amide bonds. The number of carbonyl (C=O) groups excluding carboxylic acids is 1. The molecule has 0 bridgehead atoms. The number of nitrogens with zero attached hydrogens (tertiary/aromatic N) is 3. The number of aliphatic imine (C=N–C) groups is 1. The van der Waals surface area contributed by atoms with Gasteiger partial charge in [-0.25, -0.2) is 0 Å². The summed E-state index contributed by atoms with van der Waals surface area (Å²) in [4.78, 5) is 20.8. The molecule has 6 nitrogen and oxygen atoms in total. The van der Waals surface area contributed by atoms with Crippen LogP contribution in [0.5, 0.6) is 0 Å². The van der Waals surface area contributed by atoms with Crippen LogP contribution in [0.25, 0.3) is 0 Å². The molecule has 0 unspecified atom stereocenters. The molecule has 1 aromatic rings. The second-order valence-corrected chi connectivity index (χ2v) is 8.52. The van der Waals surface area contributed by atoms with Gasteiger partial charge in [0, 0.05) is 68.3 Å². The Hall–Kier alpha value is -0.770. The first-order valence-electron chi connectivity index (χ1n) is 10.3. The number of rotatable bonds is 4. The van der Waals surface area contributed by atoms with Crippen LogP contribution >= 0.6 is 47.2 Å². The summed E-state index contributed by atoms with van der Waals surface area (Å²) in [5, 5.41) is 4.74. The van der Waals surface area contributed by atoms with Crippen LogP contribution in [0.15, 0.2) is 23.2 Å². The summed E-state index contributed by atoms with van der Waals surface area (Å²) in [6.45, 7) is 9.53. The van der Waals surface area contributed by atoms with Gasteiger partial charge in [-0.2, -0.15) is 0 Å². The molecule has 0 atom stereocenters. The Kier molecular flexibility index (Phi) is 9.97. The van der Waals surface area contributed by atoms with Crippen molar-refractivity contribution in [2.75, 3.05) is 52.5 Å². The van der Waals surface area contributed by atoms with E-state index in [9.17, 15) is 4.79 Å². The van der Waals surface area contributed by atoms with E-state index >= 15 is 0 Å². The van der Waals surface area contributed by atoms with Crippen LogP contribution < -0.4 is 5.32 Å². The molecular weight excluding hydrogens is 538 g/mol. The number of piperazine rings is 1. The molecule has 0 radical (unpaired) electrons. The molecule has 2 aliphatic heterocycles. The average Bonchev–Trinajstić information content (AvgIpc) is 2.72. The summed E-state index contributed by atoms with van der Waals surface area (Å²) in [5.41, 5.74) is 0.926. The van der Waals surface area contributed by atoms with E-state index in [4.69, 9.17) is 32.9 Å². The van der Waals surface area contributed by atoms with Crippen LogP contribution in [0, 0.1) is 0 Å². The maximum Gasteiger partial charge on any atom is 0.219 e. The average molecular weight is 569 g/mol. The molecule has 1 N–H and O–H groups in total. The number of hydrogen-bond donors (Lipinski definition) is 1. The van der Waals surface area contributed by atoms with Crippen LogP contribution in [-0.2, 0) is 14.9 Å². The molecule has 2 fully saturated rings. The van der Waals surface area contributed by atoms with E-state index < -0.39 is 0 Å². The summed E-state index contributed by atoms with van der Waals surface area (Å²) in [6, 6.07) is 5.74. The van der Waals surface area contributed by atoms with Crippen molar-refractivity contribution in [3.8, 4) is 0 Å². The number of guanidine groups is 1. The largest absolute Gasteiger partial charge is 0.381 e. The van der Waals surface area contributed by atoms with Crippen molar-refractivity contribution in [1.29, 1.82) is 0 Å². The highest BCUT2D eigenvalue weighted by Gasteiger charge is 2.36. The second-order valence-electron chi connectivity index (χ2n) is 7.68. The number of ether oxygens (including phenoxy) is 1. The van der Waals surface area contributed by atoms with Gasteiger partial charge in [-0.3, -0.25) is 9.79 Å². The molecule has 0 aliphatic carbocycles. The zero-order valence-corrected chi connectivity index (χ0v) is 21.5. The van der Waals surface area contributed by atoms with Gasteiger partial charge in [0.25, 0.3) is 0 Å². The van der Waals surface area contributed by atoms with Crippen molar-refractivity contribution in [2.24, 2.45) is 4.99 Å². The van der Waals surface area contributed by atoms with E-state index in [1.807, 2.05) is 23.1 Å². The predicted molar refractivity (Wildman–Crippen MR) is 133 cm³/mol. The van der Waals surface area contributed by atoms with Crippen molar-refractivity contribution < 1.29 is 9.53 Å². The molecule has 2 heterocycles. The highest BCUT2D eigenvalue weighted by atomic mass is 127. The Labute approximate surface area is 206 Å². The number of halogens is 3. The lowest BCUT2D eigenvalue weighted by atomic mass is 9.74. The topological polar surface area (TPSA) is 57.2 Å². The number of amides is 1. The highest BCUT2D eigenvalue weighted by molar-refractivity contribution is 14.0. The summed E-state index contributed by atoms with van der Waals surface area (Å²) in [6.07, 6.45) is 1.74. The standard InChI is InChI=1S/C21H30Cl2N4O2.HI/c1-3-24-20(27-10-8-26(9-11-27)16(2)28)25-15-21(6-12-29-13-7-21)18-5-4-17(22)14-19(18)23;/h4-5,14H,3,6-13,15H2,1-2H3,(H,24,25);1H. The van der Waals surface area contributed by atoms with E-state index in [2.05, 4.69) is 17.1 Å². The van der Waals surface area contributed by atoms with E-state index in [1.165, 1.54) is 0 Å². The van der Waals surface area contributed by atoms with Gasteiger partial charge in [0.2, 0.25) is 5.91 Å². The molecule has 3 rings (SSSR count). The third-order valence-electron chi connectivity index (χ3n) is 5.84. The van der Waals surface area contributed by atoms with Gasteiger partial charge >= 0.3 is 0 Å². The number of hydrogen-bond acceptors (Lipinski definition) is 3. The lowest BCUT2D eigenvalue weighted by Crippen LogP contribution is -2.53. The fraction of sp³-hybridized carbons (Fsp3) is 0.619. The summed E-state index contributed by atoms with van der Waals surface area (Å²) in [7, 11) is 0. The van der Waals surface area contributed by atoms with Crippen molar-refractivity contribution in [3.05, 3.63) is 33.8 Å². The maximum absolute atomic E-state index is 11.6. The first kappa shape index (κ1) is 25.5. The van der Waals surface area contributed by atoms with E-state index in [1.54, 1.807) is 6.92 Å². The molecular formula is C21H31Cl2IN4O2. The van der Waals surface area contributed by atoms with Crippen molar-refractivity contribution >= 4 is 59.0 Å². The van der Waals surface area contributed by atoms with E-state index in [0.29, 0.717) is 29.8 Å². The SMILES string of the molecule is CCNC(=NCC1(c2ccc(Cl)cc2Cl)CCOCC1)N1CCN(C(C)=O)CC1.I. The molecule has 2 saturated heterocycles. The minimum absolute atomic E-state index is 0. The first-order chi connectivity index (χ1) is 13.9. The van der Waals surface area contributed by atoms with Crippen molar-refractivity contribution in [1.82, 2.24) is 15.1 Å². The fourth-order valence-corrected chi connectivity index (χ4v) is 4.69. The molecule has 2 aliphatic rings. The summed E-state index contributed by atoms with van der Waals surface area (Å²) >= 11 is 12.7. The first-order valence-corrected chi connectivity index (χ1v) is 11.0. The Morgan fingerprint density at radius 3 is 2.37 bits per heavy atom. The van der Waals surface area contributed by atoms with Crippen LogP contribution in [0.2, 0.25) is 10.0 Å². The summed E-state index contributed by atoms with van der Waals surface area (Å²) in [5.74, 6) is 1.02. The van der Waals surface area contributed by atoms with Gasteiger partial charge in [-0.05, 0) is 37.5 Å². The Morgan fingerprint density at radius 2 is 1.80 bits per heavy atom. The highest BCUT2D eigenvalue weighted by Crippen LogP contribution is 2.40. The van der Waals surface area contributed by atoms with Gasteiger partial charge in [-0.1, -0.05) is 29.3 Å². The Bertz CT molecular complexity index is 749. The smallest absolute Gasteiger partial charge is 0.219 e. The van der Waals surface area contributed by atoms with Crippen molar-refractivity contribution in [3.63, 3.8) is 0 Å².